The van der Waals surface area contributed by atoms with Crippen molar-refractivity contribution in [1.82, 2.24) is 0 Å². The predicted molar refractivity (Wildman–Crippen MR) is 141 cm³/mol. The highest BCUT2D eigenvalue weighted by molar-refractivity contribution is 7.92. The lowest BCUT2D eigenvalue weighted by Crippen LogP contribution is -2.58. The van der Waals surface area contributed by atoms with Gasteiger partial charge >= 0.3 is 5.97 Å². The second kappa shape index (κ2) is 11.5. The van der Waals surface area contributed by atoms with Gasteiger partial charge in [-0.25, -0.2) is 8.42 Å². The van der Waals surface area contributed by atoms with Crippen LogP contribution in [0.4, 0.5) is 0 Å². The van der Waals surface area contributed by atoms with Crippen molar-refractivity contribution in [1.29, 1.82) is 0 Å². The third-order valence-corrected chi connectivity index (χ3v) is 8.98. The van der Waals surface area contributed by atoms with Crippen LogP contribution in [-0.2, 0) is 30.7 Å². The van der Waals surface area contributed by atoms with Gasteiger partial charge < -0.3 is 14.2 Å². The van der Waals surface area contributed by atoms with Gasteiger partial charge in [0, 0.05) is 12.8 Å². The van der Waals surface area contributed by atoms with Gasteiger partial charge in [0.1, 0.15) is 5.75 Å². The van der Waals surface area contributed by atoms with Crippen LogP contribution < -0.4 is 10.5 Å². The van der Waals surface area contributed by atoms with E-state index in [9.17, 15) is 13.2 Å². The molecule has 3 aromatic rings. The van der Waals surface area contributed by atoms with Gasteiger partial charge in [-0.2, -0.15) is 0 Å². The zero-order valence-corrected chi connectivity index (χ0v) is 21.9. The molecule has 2 N–H and O–H groups in total. The Morgan fingerprint density at radius 3 is 2.16 bits per heavy atom. The molecular weight excluding hydrogens is 490 g/mol. The minimum Gasteiger partial charge on any atom is -0.497 e. The molecule has 0 aromatic heterocycles. The van der Waals surface area contributed by atoms with Crippen LogP contribution in [-0.4, -0.2) is 32.7 Å². The monoisotopic (exact) mass is 523 g/mol. The number of esters is 1. The molecule has 0 spiro atoms. The first kappa shape index (κ1) is 26.9. The first-order valence-electron chi connectivity index (χ1n) is 12.4. The molecule has 0 saturated heterocycles. The highest BCUT2D eigenvalue weighted by atomic mass is 32.2. The Morgan fingerprint density at radius 1 is 0.946 bits per heavy atom. The molecule has 196 valence electrons. The van der Waals surface area contributed by atoms with E-state index in [2.05, 4.69) is 0 Å². The number of methoxy groups -OCH3 is 1. The largest absolute Gasteiger partial charge is 0.497 e. The standard InChI is InChI=1S/C29H33NO6S/c1-21(31)36-29(30,25-9-6-10-27(19-25)35-20-22-7-4-3-5-8-22)37(32,33)28-17-13-24(14-18-28)23-11-15-26(34-2)16-12-23/h3-5,7-8,11-18,25,27H,6,9-10,19-20,30H2,1-2H3. The smallest absolute Gasteiger partial charge is 0.305 e. The maximum atomic E-state index is 13.8. The molecule has 3 aromatic carbocycles. The number of rotatable bonds is 9. The molecule has 1 fully saturated rings. The number of carbonyl (C=O) groups is 1. The molecule has 1 aliphatic carbocycles. The fraction of sp³-hybridized carbons (Fsp3) is 0.345. The van der Waals surface area contributed by atoms with Crippen LogP contribution >= 0.6 is 0 Å². The van der Waals surface area contributed by atoms with Gasteiger partial charge in [-0.15, -0.1) is 0 Å². The second-order valence-corrected chi connectivity index (χ2v) is 11.5. The van der Waals surface area contributed by atoms with Crippen LogP contribution in [0.2, 0.25) is 0 Å². The molecular formula is C29H33NO6S. The fourth-order valence-corrected chi connectivity index (χ4v) is 6.57. The van der Waals surface area contributed by atoms with Gasteiger partial charge in [-0.3, -0.25) is 10.5 Å². The topological polar surface area (TPSA) is 105 Å². The van der Waals surface area contributed by atoms with Crippen LogP contribution in [0.1, 0.15) is 38.2 Å². The molecule has 4 rings (SSSR count). The van der Waals surface area contributed by atoms with E-state index in [0.29, 0.717) is 19.4 Å². The van der Waals surface area contributed by atoms with Crippen LogP contribution in [0.15, 0.2) is 83.8 Å². The van der Waals surface area contributed by atoms with E-state index in [0.717, 1.165) is 35.3 Å². The van der Waals surface area contributed by atoms with Crippen LogP contribution in [0, 0.1) is 5.92 Å². The Morgan fingerprint density at radius 2 is 1.57 bits per heavy atom. The fourth-order valence-electron chi connectivity index (χ4n) is 4.83. The Bertz CT molecular complexity index is 1290. The molecule has 7 nitrogen and oxygen atoms in total. The van der Waals surface area contributed by atoms with Gasteiger partial charge in [0.2, 0.25) is 9.84 Å². The predicted octanol–water partition coefficient (Wildman–Crippen LogP) is 5.09. The third kappa shape index (κ3) is 6.04. The summed E-state index contributed by atoms with van der Waals surface area (Å²) in [5.41, 5.74) is 9.32. The van der Waals surface area contributed by atoms with Crippen molar-refractivity contribution in [3.63, 3.8) is 0 Å². The molecule has 0 radical (unpaired) electrons. The Labute approximate surface area is 218 Å². The van der Waals surface area contributed by atoms with Crippen molar-refractivity contribution in [2.24, 2.45) is 11.7 Å². The molecule has 8 heteroatoms. The summed E-state index contributed by atoms with van der Waals surface area (Å²) < 4.78 is 44.4. The van der Waals surface area contributed by atoms with Crippen molar-refractivity contribution < 1.29 is 27.4 Å². The summed E-state index contributed by atoms with van der Waals surface area (Å²) in [5, 5.41) is -2.20. The molecule has 0 bridgehead atoms. The summed E-state index contributed by atoms with van der Waals surface area (Å²) in [6.45, 7) is 1.60. The number of hydrogen-bond donors (Lipinski definition) is 1. The van der Waals surface area contributed by atoms with E-state index < -0.39 is 26.8 Å². The lowest BCUT2D eigenvalue weighted by atomic mass is 9.85. The summed E-state index contributed by atoms with van der Waals surface area (Å²) in [6.07, 6.45) is 2.20. The molecule has 37 heavy (non-hydrogen) atoms. The lowest BCUT2D eigenvalue weighted by Gasteiger charge is -2.40. The van der Waals surface area contributed by atoms with Crippen LogP contribution in [0.5, 0.6) is 5.75 Å². The van der Waals surface area contributed by atoms with E-state index in [1.165, 1.54) is 19.1 Å². The quantitative estimate of drug-likeness (QED) is 0.308. The average molecular weight is 524 g/mol. The van der Waals surface area contributed by atoms with Gasteiger partial charge in [0.25, 0.3) is 5.06 Å². The second-order valence-electron chi connectivity index (χ2n) is 9.35. The van der Waals surface area contributed by atoms with Crippen molar-refractivity contribution in [2.75, 3.05) is 7.11 Å². The van der Waals surface area contributed by atoms with Gasteiger partial charge in [-0.05, 0) is 60.2 Å². The van der Waals surface area contributed by atoms with Crippen molar-refractivity contribution >= 4 is 15.8 Å². The zero-order valence-electron chi connectivity index (χ0n) is 21.1. The summed E-state index contributed by atoms with van der Waals surface area (Å²) >= 11 is 0. The summed E-state index contributed by atoms with van der Waals surface area (Å²) in [6, 6.07) is 23.7. The average Bonchev–Trinajstić information content (AvgIpc) is 2.92. The van der Waals surface area contributed by atoms with Gasteiger partial charge in [-0.1, -0.05) is 61.0 Å². The van der Waals surface area contributed by atoms with Crippen LogP contribution in [0.3, 0.4) is 0 Å². The Balaban J connectivity index is 1.56. The number of ether oxygens (including phenoxy) is 3. The number of hydrogen-bond acceptors (Lipinski definition) is 7. The van der Waals surface area contributed by atoms with E-state index in [1.807, 2.05) is 54.6 Å². The number of benzene rings is 3. The first-order chi connectivity index (χ1) is 17.7. The van der Waals surface area contributed by atoms with Crippen molar-refractivity contribution in [3.05, 3.63) is 84.4 Å². The molecule has 0 heterocycles. The van der Waals surface area contributed by atoms with Gasteiger partial charge in [0.05, 0.1) is 24.7 Å². The SMILES string of the molecule is COc1ccc(-c2ccc(S(=O)(=O)C(N)(OC(C)=O)C3CCCC(OCc4ccccc4)C3)cc2)cc1. The zero-order chi connectivity index (χ0) is 26.5. The Hall–Kier alpha value is -3.20. The maximum Gasteiger partial charge on any atom is 0.305 e. The van der Waals surface area contributed by atoms with Crippen molar-refractivity contribution in [3.8, 4) is 16.9 Å². The van der Waals surface area contributed by atoms with E-state index in [-0.39, 0.29) is 11.0 Å². The summed E-state index contributed by atoms with van der Waals surface area (Å²) in [5.74, 6) is -0.624. The summed E-state index contributed by atoms with van der Waals surface area (Å²) in [7, 11) is -2.64. The maximum absolute atomic E-state index is 13.8. The van der Waals surface area contributed by atoms with E-state index in [1.54, 1.807) is 19.2 Å². The molecule has 3 atom stereocenters. The normalized spacial score (nSPS) is 19.5. The minimum atomic E-state index is -4.24. The van der Waals surface area contributed by atoms with E-state index in [4.69, 9.17) is 19.9 Å². The molecule has 1 saturated carbocycles. The third-order valence-electron chi connectivity index (χ3n) is 6.83. The first-order valence-corrected chi connectivity index (χ1v) is 13.8. The Kier molecular flexibility index (Phi) is 8.32. The van der Waals surface area contributed by atoms with Crippen molar-refractivity contribution in [2.45, 2.75) is 55.3 Å². The number of carbonyl (C=O) groups excluding carboxylic acids is 1. The number of nitrogens with two attached hydrogens (primary N) is 1. The lowest BCUT2D eigenvalue weighted by molar-refractivity contribution is -0.155. The molecule has 1 aliphatic rings. The van der Waals surface area contributed by atoms with Crippen LogP contribution in [0.25, 0.3) is 11.1 Å². The highest BCUT2D eigenvalue weighted by Gasteiger charge is 2.52. The summed E-state index contributed by atoms with van der Waals surface area (Å²) in [4.78, 5) is 12.1. The molecule has 0 aliphatic heterocycles. The van der Waals surface area contributed by atoms with Gasteiger partial charge in [0.15, 0.2) is 0 Å². The number of sulfone groups is 1. The minimum absolute atomic E-state index is 0.000777. The van der Waals surface area contributed by atoms with E-state index >= 15 is 0 Å². The highest BCUT2D eigenvalue weighted by Crippen LogP contribution is 2.40. The molecule has 0 amide bonds. The molecule has 3 unspecified atom stereocenters.